The van der Waals surface area contributed by atoms with E-state index in [-0.39, 0.29) is 5.82 Å². The molecule has 1 aromatic carbocycles. The SMILES string of the molecule is CC(C)=CC(=O)O[C@@H](C)C(=O)Nc1ccc(F)cc1. The summed E-state index contributed by atoms with van der Waals surface area (Å²) in [6.07, 6.45) is 0.384. The molecule has 0 heterocycles. The first-order chi connectivity index (χ1) is 8.88. The zero-order valence-corrected chi connectivity index (χ0v) is 11.1. The lowest BCUT2D eigenvalue weighted by molar-refractivity contribution is -0.148. The molecule has 1 aromatic rings. The topological polar surface area (TPSA) is 55.4 Å². The van der Waals surface area contributed by atoms with Gasteiger partial charge >= 0.3 is 5.97 Å². The summed E-state index contributed by atoms with van der Waals surface area (Å²) >= 11 is 0. The molecular formula is C14H16FNO3. The first-order valence-corrected chi connectivity index (χ1v) is 5.80. The van der Waals surface area contributed by atoms with Crippen molar-refractivity contribution in [3.63, 3.8) is 0 Å². The number of ether oxygens (including phenoxy) is 1. The molecule has 0 aliphatic rings. The largest absolute Gasteiger partial charge is 0.449 e. The van der Waals surface area contributed by atoms with E-state index in [4.69, 9.17) is 4.74 Å². The van der Waals surface area contributed by atoms with Crippen LogP contribution in [0.15, 0.2) is 35.9 Å². The fraction of sp³-hybridized carbons (Fsp3) is 0.286. The van der Waals surface area contributed by atoms with Crippen molar-refractivity contribution in [1.82, 2.24) is 0 Å². The molecule has 1 amide bonds. The lowest BCUT2D eigenvalue weighted by Crippen LogP contribution is -2.29. The van der Waals surface area contributed by atoms with Crippen LogP contribution >= 0.6 is 0 Å². The standard InChI is InChI=1S/C14H16FNO3/c1-9(2)8-13(17)19-10(3)14(18)16-12-6-4-11(15)5-7-12/h4-8,10H,1-3H3,(H,16,18)/t10-/m0/s1. The molecule has 0 aliphatic carbocycles. The van der Waals surface area contributed by atoms with Gasteiger partial charge in [0.1, 0.15) is 5.82 Å². The van der Waals surface area contributed by atoms with E-state index >= 15 is 0 Å². The van der Waals surface area contributed by atoms with Gasteiger partial charge in [-0.2, -0.15) is 0 Å². The average Bonchev–Trinajstić information content (AvgIpc) is 2.30. The highest BCUT2D eigenvalue weighted by Crippen LogP contribution is 2.09. The van der Waals surface area contributed by atoms with E-state index in [1.54, 1.807) is 13.8 Å². The van der Waals surface area contributed by atoms with Crippen molar-refractivity contribution in [1.29, 1.82) is 0 Å². The molecule has 0 aromatic heterocycles. The van der Waals surface area contributed by atoms with Gasteiger partial charge < -0.3 is 10.1 Å². The summed E-state index contributed by atoms with van der Waals surface area (Å²) in [6.45, 7) is 4.98. The molecule has 0 saturated carbocycles. The number of allylic oxidation sites excluding steroid dienone is 1. The Kier molecular flexibility index (Phi) is 5.23. The van der Waals surface area contributed by atoms with Gasteiger partial charge in [0.05, 0.1) is 0 Å². The molecule has 0 fully saturated rings. The number of halogens is 1. The summed E-state index contributed by atoms with van der Waals surface area (Å²) in [5.74, 6) is -1.43. The zero-order chi connectivity index (χ0) is 14.4. The maximum atomic E-state index is 12.7. The third-order valence-corrected chi connectivity index (χ3v) is 2.18. The predicted molar refractivity (Wildman–Crippen MR) is 70.0 cm³/mol. The lowest BCUT2D eigenvalue weighted by Gasteiger charge is -2.12. The van der Waals surface area contributed by atoms with E-state index in [2.05, 4.69) is 5.32 Å². The van der Waals surface area contributed by atoms with Crippen LogP contribution in [-0.4, -0.2) is 18.0 Å². The molecule has 1 rings (SSSR count). The van der Waals surface area contributed by atoms with Crippen molar-refractivity contribution in [2.75, 3.05) is 5.32 Å². The second-order valence-electron chi connectivity index (χ2n) is 4.30. The zero-order valence-electron chi connectivity index (χ0n) is 11.1. The Morgan fingerprint density at radius 1 is 1.26 bits per heavy atom. The molecule has 1 atom stereocenters. The number of hydrogen-bond acceptors (Lipinski definition) is 3. The highest BCUT2D eigenvalue weighted by molar-refractivity contribution is 5.95. The summed E-state index contributed by atoms with van der Waals surface area (Å²) in [4.78, 5) is 23.1. The number of carbonyl (C=O) groups is 2. The van der Waals surface area contributed by atoms with Crippen molar-refractivity contribution in [2.45, 2.75) is 26.9 Å². The average molecular weight is 265 g/mol. The number of esters is 1. The van der Waals surface area contributed by atoms with Crippen LogP contribution in [0, 0.1) is 5.82 Å². The molecule has 0 unspecified atom stereocenters. The van der Waals surface area contributed by atoms with Crippen molar-refractivity contribution in [3.05, 3.63) is 41.7 Å². The van der Waals surface area contributed by atoms with Crippen molar-refractivity contribution in [2.24, 2.45) is 0 Å². The summed E-state index contributed by atoms with van der Waals surface area (Å²) < 4.78 is 17.6. The number of benzene rings is 1. The minimum atomic E-state index is -0.923. The van der Waals surface area contributed by atoms with E-state index in [0.29, 0.717) is 5.69 Å². The maximum absolute atomic E-state index is 12.7. The van der Waals surface area contributed by atoms with E-state index < -0.39 is 18.0 Å². The number of carbonyl (C=O) groups excluding carboxylic acids is 2. The molecule has 5 heteroatoms. The molecule has 4 nitrogen and oxygen atoms in total. The quantitative estimate of drug-likeness (QED) is 0.672. The Hall–Kier alpha value is -2.17. The van der Waals surface area contributed by atoms with E-state index in [9.17, 15) is 14.0 Å². The first kappa shape index (κ1) is 14.9. The molecule has 0 radical (unpaired) electrons. The van der Waals surface area contributed by atoms with Crippen LogP contribution in [0.25, 0.3) is 0 Å². The Labute approximate surface area is 111 Å². The molecular weight excluding hydrogens is 249 g/mol. The van der Waals surface area contributed by atoms with Gasteiger partial charge in [-0.25, -0.2) is 9.18 Å². The number of anilines is 1. The second kappa shape index (κ2) is 6.68. The smallest absolute Gasteiger partial charge is 0.331 e. The Morgan fingerprint density at radius 3 is 2.37 bits per heavy atom. The molecule has 1 N–H and O–H groups in total. The number of amides is 1. The Bertz CT molecular complexity index is 490. The van der Waals surface area contributed by atoms with Gasteiger partial charge in [0.25, 0.3) is 5.91 Å². The highest BCUT2D eigenvalue weighted by atomic mass is 19.1. The van der Waals surface area contributed by atoms with Crippen molar-refractivity contribution >= 4 is 17.6 Å². The second-order valence-corrected chi connectivity index (χ2v) is 4.30. The van der Waals surface area contributed by atoms with Gasteiger partial charge in [-0.15, -0.1) is 0 Å². The molecule has 0 saturated heterocycles. The Morgan fingerprint density at radius 2 is 1.84 bits per heavy atom. The molecule has 102 valence electrons. The number of hydrogen-bond donors (Lipinski definition) is 1. The van der Waals surface area contributed by atoms with Crippen LogP contribution < -0.4 is 5.32 Å². The molecule has 0 spiro atoms. The third-order valence-electron chi connectivity index (χ3n) is 2.18. The van der Waals surface area contributed by atoms with Gasteiger partial charge in [-0.3, -0.25) is 4.79 Å². The molecule has 0 bridgehead atoms. The fourth-order valence-corrected chi connectivity index (χ4v) is 1.27. The molecule has 19 heavy (non-hydrogen) atoms. The maximum Gasteiger partial charge on any atom is 0.331 e. The summed E-state index contributed by atoms with van der Waals surface area (Å²) in [5.41, 5.74) is 1.23. The van der Waals surface area contributed by atoms with Gasteiger partial charge in [-0.05, 0) is 45.0 Å². The minimum Gasteiger partial charge on any atom is -0.449 e. The van der Waals surface area contributed by atoms with E-state index in [1.807, 2.05) is 0 Å². The van der Waals surface area contributed by atoms with Crippen molar-refractivity contribution in [3.8, 4) is 0 Å². The lowest BCUT2D eigenvalue weighted by atomic mass is 10.3. The van der Waals surface area contributed by atoms with Crippen LogP contribution in [0.3, 0.4) is 0 Å². The molecule has 0 aliphatic heterocycles. The van der Waals surface area contributed by atoms with Gasteiger partial charge in [0.15, 0.2) is 6.10 Å². The fourth-order valence-electron chi connectivity index (χ4n) is 1.27. The number of rotatable bonds is 4. The van der Waals surface area contributed by atoms with E-state index in [0.717, 1.165) is 5.57 Å². The van der Waals surface area contributed by atoms with Crippen LogP contribution in [0.1, 0.15) is 20.8 Å². The first-order valence-electron chi connectivity index (χ1n) is 5.80. The summed E-state index contributed by atoms with van der Waals surface area (Å²) in [7, 11) is 0. The van der Waals surface area contributed by atoms with E-state index in [1.165, 1.54) is 37.3 Å². The van der Waals surface area contributed by atoms with Gasteiger partial charge in [-0.1, -0.05) is 5.57 Å². The number of nitrogens with one attached hydrogen (secondary N) is 1. The van der Waals surface area contributed by atoms with Crippen LogP contribution in [0.4, 0.5) is 10.1 Å². The Balaban J connectivity index is 2.56. The van der Waals surface area contributed by atoms with Crippen LogP contribution in [-0.2, 0) is 14.3 Å². The summed E-state index contributed by atoms with van der Waals surface area (Å²) in [6, 6.07) is 5.32. The van der Waals surface area contributed by atoms with Gasteiger partial charge in [0, 0.05) is 11.8 Å². The monoisotopic (exact) mass is 265 g/mol. The third kappa shape index (κ3) is 5.33. The predicted octanol–water partition coefficient (Wildman–Crippen LogP) is 2.66. The highest BCUT2D eigenvalue weighted by Gasteiger charge is 2.16. The minimum absolute atomic E-state index is 0.388. The van der Waals surface area contributed by atoms with Gasteiger partial charge in [0.2, 0.25) is 0 Å². The van der Waals surface area contributed by atoms with Crippen molar-refractivity contribution < 1.29 is 18.7 Å². The summed E-state index contributed by atoms with van der Waals surface area (Å²) in [5, 5.41) is 2.52. The normalized spacial score (nSPS) is 11.4. The van der Waals surface area contributed by atoms with Crippen LogP contribution in [0.2, 0.25) is 0 Å². The van der Waals surface area contributed by atoms with Crippen LogP contribution in [0.5, 0.6) is 0 Å².